The molecule has 2 fully saturated rings. The Balaban J connectivity index is 1.46. The molecule has 1 aliphatic carbocycles. The van der Waals surface area contributed by atoms with Gasteiger partial charge in [0.1, 0.15) is 28.6 Å². The molecule has 0 radical (unpaired) electrons. The van der Waals surface area contributed by atoms with Gasteiger partial charge in [0.25, 0.3) is 0 Å². The van der Waals surface area contributed by atoms with Crippen molar-refractivity contribution >= 4 is 11.5 Å². The van der Waals surface area contributed by atoms with Crippen molar-refractivity contribution < 1.29 is 27.8 Å². The van der Waals surface area contributed by atoms with Crippen LogP contribution in [0.15, 0.2) is 42.7 Å². The lowest BCUT2D eigenvalue weighted by Crippen LogP contribution is -2.60. The molecule has 37 heavy (non-hydrogen) atoms. The number of anilines is 1. The Bertz CT molecular complexity index is 1340. The molecule has 2 aromatic heterocycles. The Morgan fingerprint density at radius 2 is 1.89 bits per heavy atom. The Morgan fingerprint density at radius 3 is 2.57 bits per heavy atom. The van der Waals surface area contributed by atoms with Gasteiger partial charge < -0.3 is 21.3 Å². The molecular weight excluding hydrogens is 485 g/mol. The number of carbonyl (C=O) groups is 1. The van der Waals surface area contributed by atoms with E-state index >= 15 is 0 Å². The zero-order chi connectivity index (χ0) is 26.5. The first kappa shape index (κ1) is 25.3. The number of hydrogen-bond acceptors (Lipinski definition) is 7. The molecule has 2 aliphatic rings. The van der Waals surface area contributed by atoms with Gasteiger partial charge in [-0.1, -0.05) is 6.07 Å². The van der Waals surface area contributed by atoms with E-state index in [1.165, 1.54) is 6.20 Å². The third kappa shape index (κ3) is 4.72. The van der Waals surface area contributed by atoms with Crippen molar-refractivity contribution in [1.29, 1.82) is 0 Å². The van der Waals surface area contributed by atoms with E-state index in [-0.39, 0.29) is 23.7 Å². The number of nitrogens with zero attached hydrogens (tertiary/aromatic N) is 2. The Labute approximate surface area is 211 Å². The van der Waals surface area contributed by atoms with Crippen LogP contribution in [0.5, 0.6) is 0 Å². The van der Waals surface area contributed by atoms with Gasteiger partial charge in [-0.2, -0.15) is 0 Å². The smallest absolute Gasteiger partial charge is 0.187 e. The van der Waals surface area contributed by atoms with Gasteiger partial charge in [-0.05, 0) is 61.4 Å². The van der Waals surface area contributed by atoms with Gasteiger partial charge in [-0.3, -0.25) is 9.78 Å². The largest absolute Gasteiger partial charge is 0.397 e. The summed E-state index contributed by atoms with van der Waals surface area (Å²) in [6.45, 7) is 1.69. The van der Waals surface area contributed by atoms with E-state index in [1.807, 2.05) is 0 Å². The quantitative estimate of drug-likeness (QED) is 0.428. The molecule has 1 saturated carbocycles. The van der Waals surface area contributed by atoms with Crippen LogP contribution in [0.4, 0.5) is 18.9 Å². The maximum Gasteiger partial charge on any atom is 0.187 e. The van der Waals surface area contributed by atoms with Crippen molar-refractivity contribution in [1.82, 2.24) is 9.97 Å². The van der Waals surface area contributed by atoms with Crippen LogP contribution in [-0.2, 0) is 11.2 Å². The van der Waals surface area contributed by atoms with E-state index in [0.29, 0.717) is 17.5 Å². The SMILES string of the molecule is C[C@]1(O)[C@H](N)C[C@H](c2ccncc2CC(=O)c2nc(-c3c(F)cccc3F)c(F)cc2N)O[C@@H]1C1CC1. The van der Waals surface area contributed by atoms with Crippen LogP contribution in [0.1, 0.15) is 53.9 Å². The second kappa shape index (κ2) is 9.51. The van der Waals surface area contributed by atoms with Gasteiger partial charge in [-0.15, -0.1) is 0 Å². The first-order valence-electron chi connectivity index (χ1n) is 12.1. The van der Waals surface area contributed by atoms with Gasteiger partial charge in [0.2, 0.25) is 0 Å². The van der Waals surface area contributed by atoms with Crippen LogP contribution < -0.4 is 11.5 Å². The number of halogens is 3. The first-order chi connectivity index (χ1) is 17.6. The highest BCUT2D eigenvalue weighted by Crippen LogP contribution is 2.47. The monoisotopic (exact) mass is 512 g/mol. The normalized spacial score (nSPS) is 25.7. The van der Waals surface area contributed by atoms with E-state index in [2.05, 4.69) is 9.97 Å². The van der Waals surface area contributed by atoms with Gasteiger partial charge >= 0.3 is 0 Å². The minimum Gasteiger partial charge on any atom is -0.397 e. The average Bonchev–Trinajstić information content (AvgIpc) is 3.67. The number of carbonyl (C=O) groups excluding carboxylic acids is 1. The molecule has 0 bridgehead atoms. The van der Waals surface area contributed by atoms with Crippen LogP contribution in [0, 0.1) is 23.4 Å². The molecule has 5 N–H and O–H groups in total. The third-order valence-corrected chi connectivity index (χ3v) is 7.26. The number of benzene rings is 1. The molecule has 7 nitrogen and oxygen atoms in total. The van der Waals surface area contributed by atoms with E-state index < -0.39 is 58.3 Å². The summed E-state index contributed by atoms with van der Waals surface area (Å²) >= 11 is 0. The topological polar surface area (TPSA) is 124 Å². The fourth-order valence-electron chi connectivity index (χ4n) is 5.02. The van der Waals surface area contributed by atoms with Gasteiger partial charge in [0.05, 0.1) is 23.5 Å². The molecule has 4 atom stereocenters. The Morgan fingerprint density at radius 1 is 1.19 bits per heavy atom. The number of hydrogen-bond donors (Lipinski definition) is 3. The van der Waals surface area contributed by atoms with Crippen LogP contribution >= 0.6 is 0 Å². The fraction of sp³-hybridized carbons (Fsp3) is 0.370. The van der Waals surface area contributed by atoms with Crippen molar-refractivity contribution in [2.75, 3.05) is 5.73 Å². The number of ketones is 1. The molecule has 3 heterocycles. The highest BCUT2D eigenvalue weighted by molar-refractivity contribution is 6.00. The molecule has 1 aromatic carbocycles. The number of ether oxygens (including phenoxy) is 1. The van der Waals surface area contributed by atoms with Gasteiger partial charge in [0, 0.05) is 30.9 Å². The lowest BCUT2D eigenvalue weighted by Gasteiger charge is -2.45. The molecule has 0 spiro atoms. The number of rotatable bonds is 6. The molecule has 10 heteroatoms. The lowest BCUT2D eigenvalue weighted by molar-refractivity contribution is -0.187. The van der Waals surface area contributed by atoms with Crippen molar-refractivity contribution in [3.05, 3.63) is 77.0 Å². The fourth-order valence-corrected chi connectivity index (χ4v) is 5.02. The first-order valence-corrected chi connectivity index (χ1v) is 12.1. The van der Waals surface area contributed by atoms with E-state index in [4.69, 9.17) is 16.2 Å². The number of aliphatic hydroxyl groups is 1. The zero-order valence-corrected chi connectivity index (χ0v) is 20.1. The van der Waals surface area contributed by atoms with Crippen LogP contribution in [0.2, 0.25) is 0 Å². The molecule has 1 saturated heterocycles. The zero-order valence-electron chi connectivity index (χ0n) is 20.1. The summed E-state index contributed by atoms with van der Waals surface area (Å²) in [7, 11) is 0. The number of nitrogens with two attached hydrogens (primary N) is 2. The number of pyridine rings is 2. The number of nitrogen functional groups attached to an aromatic ring is 1. The summed E-state index contributed by atoms with van der Waals surface area (Å²) in [5, 5.41) is 10.9. The van der Waals surface area contributed by atoms with Crippen molar-refractivity contribution in [2.45, 2.75) is 56.5 Å². The molecule has 0 amide bonds. The third-order valence-electron chi connectivity index (χ3n) is 7.26. The van der Waals surface area contributed by atoms with Crippen LogP contribution in [0.25, 0.3) is 11.3 Å². The Kier molecular flexibility index (Phi) is 6.51. The summed E-state index contributed by atoms with van der Waals surface area (Å²) in [5.41, 5.74) is 10.4. The molecule has 1 aliphatic heterocycles. The molecule has 194 valence electrons. The summed E-state index contributed by atoms with van der Waals surface area (Å²) in [6.07, 6.45) is 4.17. The summed E-state index contributed by atoms with van der Waals surface area (Å²) in [5.74, 6) is -3.46. The van der Waals surface area contributed by atoms with Gasteiger partial charge in [-0.25, -0.2) is 18.2 Å². The summed E-state index contributed by atoms with van der Waals surface area (Å²) in [6, 6.07) is 5.11. The second-order valence-electron chi connectivity index (χ2n) is 9.98. The van der Waals surface area contributed by atoms with Crippen LogP contribution in [0.3, 0.4) is 0 Å². The van der Waals surface area contributed by atoms with E-state index in [0.717, 1.165) is 37.1 Å². The van der Waals surface area contributed by atoms with Crippen molar-refractivity contribution in [3.63, 3.8) is 0 Å². The number of aromatic nitrogens is 2. The maximum atomic E-state index is 14.6. The highest BCUT2D eigenvalue weighted by Gasteiger charge is 2.52. The predicted octanol–water partition coefficient (Wildman–Crippen LogP) is 3.89. The summed E-state index contributed by atoms with van der Waals surface area (Å²) < 4.78 is 49.6. The molecule has 3 aromatic rings. The van der Waals surface area contributed by atoms with E-state index in [9.17, 15) is 23.1 Å². The minimum atomic E-state index is -1.18. The number of Topliss-reactive ketones (excluding diaryl/α,β-unsaturated/α-hetero) is 1. The van der Waals surface area contributed by atoms with E-state index in [1.54, 1.807) is 19.2 Å². The average molecular weight is 513 g/mol. The second-order valence-corrected chi connectivity index (χ2v) is 9.98. The standard InChI is InChI=1S/C27H27F3N4O3/c1-27(36)22(32)11-21(37-26(27)13-5-6-13)15-7-8-33-12-14(15)9-20(35)25-19(31)10-18(30)24(34-25)23-16(28)3-2-4-17(23)29/h2-4,7-8,10,12-13,21-22,26,36H,5-6,9,11,31-32H2,1H3/t21-,22-,26-,27+/m1/s1. The van der Waals surface area contributed by atoms with Gasteiger partial charge in [0.15, 0.2) is 11.6 Å². The highest BCUT2D eigenvalue weighted by atomic mass is 19.1. The minimum absolute atomic E-state index is 0.217. The maximum absolute atomic E-state index is 14.6. The van der Waals surface area contributed by atoms with Crippen molar-refractivity contribution in [3.8, 4) is 11.3 Å². The lowest BCUT2D eigenvalue weighted by atomic mass is 9.80. The molecule has 5 rings (SSSR count). The molecule has 0 unspecified atom stereocenters. The summed E-state index contributed by atoms with van der Waals surface area (Å²) in [4.78, 5) is 21.4. The Hall–Kier alpha value is -3.34. The predicted molar refractivity (Wildman–Crippen MR) is 130 cm³/mol. The van der Waals surface area contributed by atoms with Crippen LogP contribution in [-0.4, -0.2) is 38.6 Å². The van der Waals surface area contributed by atoms with Crippen molar-refractivity contribution in [2.24, 2.45) is 11.7 Å². The molecular formula is C27H27F3N4O3.